The van der Waals surface area contributed by atoms with E-state index >= 15 is 0 Å². The van der Waals surface area contributed by atoms with Crippen molar-refractivity contribution in [3.63, 3.8) is 0 Å². The van der Waals surface area contributed by atoms with Gasteiger partial charge in [-0.3, -0.25) is 14.4 Å². The smallest absolute Gasteiger partial charge is 0.446 e. The van der Waals surface area contributed by atoms with Gasteiger partial charge in [-0.2, -0.15) is 13.2 Å². The number of hydrogen-bond donors (Lipinski definition) is 2. The monoisotopic (exact) mass is 755 g/mol. The summed E-state index contributed by atoms with van der Waals surface area (Å²) in [6.45, 7) is 15.2. The summed E-state index contributed by atoms with van der Waals surface area (Å²) in [6, 6.07) is 0. The van der Waals surface area contributed by atoms with Crippen LogP contribution in [0.5, 0.6) is 0 Å². The number of alkyl halides is 3. The summed E-state index contributed by atoms with van der Waals surface area (Å²) in [5.74, 6) is -0.229. The Kier molecular flexibility index (Phi) is 38.4. The summed E-state index contributed by atoms with van der Waals surface area (Å²) in [4.78, 5) is 44.0. The first-order chi connectivity index (χ1) is 24.6. The molecule has 0 aliphatic carbocycles. The average Bonchev–Trinajstić information content (AvgIpc) is 3.07. The third-order valence-corrected chi connectivity index (χ3v) is 7.79. The van der Waals surface area contributed by atoms with Gasteiger partial charge in [0.05, 0.1) is 0 Å². The molecule has 3 N–H and O–H groups in total. The molecular formula is C40H77F3N2O7. The molecular weight excluding hydrogens is 677 g/mol. The molecule has 0 fully saturated rings. The molecule has 1 amide bonds. The van der Waals surface area contributed by atoms with E-state index in [0.717, 1.165) is 51.4 Å². The first kappa shape index (κ1) is 54.0. The third kappa shape index (κ3) is 45.7. The molecule has 0 saturated carbocycles. The Morgan fingerprint density at radius 1 is 0.615 bits per heavy atom. The number of aldehydes is 1. The van der Waals surface area contributed by atoms with E-state index in [1.807, 2.05) is 20.8 Å². The van der Waals surface area contributed by atoms with Crippen LogP contribution in [0.15, 0.2) is 0 Å². The molecule has 0 aromatic carbocycles. The van der Waals surface area contributed by atoms with E-state index in [2.05, 4.69) is 33.0 Å². The maximum atomic E-state index is 12.2. The topological polar surface area (TPSA) is 134 Å². The van der Waals surface area contributed by atoms with Crippen molar-refractivity contribution in [3.05, 3.63) is 0 Å². The van der Waals surface area contributed by atoms with Crippen molar-refractivity contribution in [1.82, 2.24) is 5.32 Å². The second kappa shape index (κ2) is 37.0. The quantitative estimate of drug-likeness (QED) is 0.0349. The van der Waals surface area contributed by atoms with Gasteiger partial charge in [0.2, 0.25) is 6.29 Å². The predicted octanol–water partition coefficient (Wildman–Crippen LogP) is 11.1. The summed E-state index contributed by atoms with van der Waals surface area (Å²) >= 11 is 0. The molecule has 0 bridgehead atoms. The second-order valence-corrected chi connectivity index (χ2v) is 14.4. The highest BCUT2D eigenvalue weighted by Gasteiger charge is 2.25. The molecule has 0 aromatic rings. The van der Waals surface area contributed by atoms with Gasteiger partial charge >= 0.3 is 24.2 Å². The van der Waals surface area contributed by atoms with Gasteiger partial charge in [0.25, 0.3) is 0 Å². The molecule has 0 aliphatic rings. The summed E-state index contributed by atoms with van der Waals surface area (Å²) in [5, 5.41) is 2.68. The average molecular weight is 755 g/mol. The Morgan fingerprint density at radius 2 is 1.00 bits per heavy atom. The number of nitrogens with two attached hydrogens (primary N) is 1. The lowest BCUT2D eigenvalue weighted by Gasteiger charge is -2.20. The van der Waals surface area contributed by atoms with Crippen LogP contribution in [-0.2, 0) is 28.6 Å². The van der Waals surface area contributed by atoms with Crippen LogP contribution in [0.4, 0.5) is 18.0 Å². The van der Waals surface area contributed by atoms with Gasteiger partial charge < -0.3 is 25.3 Å². The van der Waals surface area contributed by atoms with Crippen molar-refractivity contribution in [2.24, 2.45) is 5.73 Å². The van der Waals surface area contributed by atoms with Crippen LogP contribution in [-0.4, -0.2) is 61.4 Å². The van der Waals surface area contributed by atoms with E-state index in [9.17, 15) is 27.6 Å². The van der Waals surface area contributed by atoms with Gasteiger partial charge in [0, 0.05) is 19.4 Å². The van der Waals surface area contributed by atoms with E-state index in [4.69, 9.17) is 24.7 Å². The van der Waals surface area contributed by atoms with E-state index in [-0.39, 0.29) is 24.1 Å². The minimum atomic E-state index is -4.64. The van der Waals surface area contributed by atoms with E-state index in [1.54, 1.807) is 0 Å². The van der Waals surface area contributed by atoms with Gasteiger partial charge in [-0.05, 0) is 85.1 Å². The van der Waals surface area contributed by atoms with Crippen LogP contribution < -0.4 is 11.1 Å². The molecule has 0 saturated heterocycles. The highest BCUT2D eigenvalue weighted by Crippen LogP contribution is 2.17. The van der Waals surface area contributed by atoms with Crippen LogP contribution in [0.1, 0.15) is 196 Å². The number of halogens is 3. The SMILES string of the molecule is CCCCCCCC(CCC)OC(=O)CCCN.CCCCCCCC(CCCCCC)OC(=O)CCCNC(=O)OC(C)(C)C.O=CC(F)(F)F. The summed E-state index contributed by atoms with van der Waals surface area (Å²) in [7, 11) is 0. The number of rotatable bonds is 28. The van der Waals surface area contributed by atoms with Crippen LogP contribution in [0.3, 0.4) is 0 Å². The van der Waals surface area contributed by atoms with Crippen molar-refractivity contribution in [2.75, 3.05) is 13.1 Å². The number of ether oxygens (including phenoxy) is 3. The van der Waals surface area contributed by atoms with Crippen LogP contribution in [0.25, 0.3) is 0 Å². The zero-order chi connectivity index (χ0) is 40.1. The van der Waals surface area contributed by atoms with Crippen molar-refractivity contribution in [3.8, 4) is 0 Å². The molecule has 9 nitrogen and oxygen atoms in total. The number of unbranched alkanes of at least 4 members (excludes halogenated alkanes) is 11. The fraction of sp³-hybridized carbons (Fsp3) is 0.900. The molecule has 0 aromatic heterocycles. The van der Waals surface area contributed by atoms with Gasteiger partial charge in [-0.15, -0.1) is 0 Å². The molecule has 2 unspecified atom stereocenters. The number of amides is 1. The molecule has 0 spiro atoms. The standard InChI is InChI=1S/C23H45NO4.C15H31NO2.C2HF3O/c1-6-8-10-12-14-17-20(16-13-11-9-7-2)27-21(25)18-15-19-24-22(26)28-23(3,4)5;1-3-5-6-7-8-11-14(10-4-2)18-15(17)12-9-13-16;3-2(4,5)1-6/h20H,6-19H2,1-5H3,(H,24,26);14H,3-13,16H2,1-2H3;1H. The first-order valence-corrected chi connectivity index (χ1v) is 20.2. The minimum Gasteiger partial charge on any atom is -0.462 e. The number of alkyl carbamates (subject to hydrolysis) is 1. The van der Waals surface area contributed by atoms with Gasteiger partial charge in [-0.1, -0.05) is 105 Å². The highest BCUT2D eigenvalue weighted by molar-refractivity contribution is 5.70. The normalized spacial score (nSPS) is 12.3. The number of nitrogens with one attached hydrogen (secondary N) is 1. The maximum Gasteiger partial charge on any atom is 0.446 e. The fourth-order valence-electron chi connectivity index (χ4n) is 5.07. The Labute approximate surface area is 314 Å². The maximum absolute atomic E-state index is 12.2. The number of esters is 2. The number of carbonyl (C=O) groups is 4. The second-order valence-electron chi connectivity index (χ2n) is 14.4. The van der Waals surface area contributed by atoms with Crippen molar-refractivity contribution in [1.29, 1.82) is 0 Å². The molecule has 52 heavy (non-hydrogen) atoms. The molecule has 0 aliphatic heterocycles. The molecule has 310 valence electrons. The highest BCUT2D eigenvalue weighted by atomic mass is 19.4. The summed E-state index contributed by atoms with van der Waals surface area (Å²) in [5.41, 5.74) is 4.88. The van der Waals surface area contributed by atoms with Crippen LogP contribution in [0.2, 0.25) is 0 Å². The van der Waals surface area contributed by atoms with Crippen molar-refractivity contribution < 1.29 is 46.6 Å². The molecule has 2 atom stereocenters. The van der Waals surface area contributed by atoms with E-state index < -0.39 is 24.2 Å². The largest absolute Gasteiger partial charge is 0.462 e. The zero-order valence-electron chi connectivity index (χ0n) is 34.0. The van der Waals surface area contributed by atoms with Gasteiger partial charge in [0.15, 0.2) is 0 Å². The molecule has 0 rings (SSSR count). The Balaban J connectivity index is -0.000000850. The number of carbonyl (C=O) groups excluding carboxylic acids is 4. The van der Waals surface area contributed by atoms with E-state index in [0.29, 0.717) is 32.4 Å². The summed E-state index contributed by atoms with van der Waals surface area (Å²) < 4.78 is 47.7. The minimum absolute atomic E-state index is 0.0461. The van der Waals surface area contributed by atoms with Gasteiger partial charge in [0.1, 0.15) is 17.8 Å². The predicted molar refractivity (Wildman–Crippen MR) is 204 cm³/mol. The number of hydrogen-bond acceptors (Lipinski definition) is 8. The third-order valence-electron chi connectivity index (χ3n) is 7.79. The fourth-order valence-corrected chi connectivity index (χ4v) is 5.07. The van der Waals surface area contributed by atoms with E-state index in [1.165, 1.54) is 77.0 Å². The Morgan fingerprint density at radius 3 is 1.37 bits per heavy atom. The Hall–Kier alpha value is -2.37. The summed E-state index contributed by atoms with van der Waals surface area (Å²) in [6.07, 6.45) is 18.4. The Bertz CT molecular complexity index is 852. The lowest BCUT2D eigenvalue weighted by molar-refractivity contribution is -0.156. The van der Waals surface area contributed by atoms with Gasteiger partial charge in [-0.25, -0.2) is 4.79 Å². The molecule has 12 heteroatoms. The van der Waals surface area contributed by atoms with Crippen LogP contribution in [0, 0.1) is 0 Å². The lowest BCUT2D eigenvalue weighted by Crippen LogP contribution is -2.33. The molecule has 0 radical (unpaired) electrons. The van der Waals surface area contributed by atoms with Crippen LogP contribution >= 0.6 is 0 Å². The zero-order valence-corrected chi connectivity index (χ0v) is 34.0. The van der Waals surface area contributed by atoms with Crippen molar-refractivity contribution >= 4 is 24.3 Å². The molecule has 0 heterocycles. The lowest BCUT2D eigenvalue weighted by atomic mass is 10.0. The van der Waals surface area contributed by atoms with Crippen molar-refractivity contribution in [2.45, 2.75) is 220 Å². The first-order valence-electron chi connectivity index (χ1n) is 20.2.